The van der Waals surface area contributed by atoms with Crippen LogP contribution in [0, 0.1) is 6.92 Å². The third-order valence-electron chi connectivity index (χ3n) is 0.936. The predicted octanol–water partition coefficient (Wildman–Crippen LogP) is 2.24. The molecule has 0 spiro atoms. The van der Waals surface area contributed by atoms with Crippen LogP contribution in [-0.4, -0.2) is 12.6 Å². The normalized spacial score (nSPS) is 8.09. The summed E-state index contributed by atoms with van der Waals surface area (Å²) in [6, 6.07) is 0. The Morgan fingerprint density at radius 3 is 2.55 bits per heavy atom. The fourth-order valence-electron chi connectivity index (χ4n) is 0.502. The number of rotatable bonds is 4. The Kier molecular flexibility index (Phi) is 16.5. The Hall–Kier alpha value is 0.383. The number of unbranched alkanes of at least 4 members (excludes halogenated alkanes) is 1. The summed E-state index contributed by atoms with van der Waals surface area (Å²) in [4.78, 5) is 10.6. The van der Waals surface area contributed by atoms with Crippen molar-refractivity contribution in [1.82, 2.24) is 0 Å². The molecule has 0 unspecified atom stereocenters. The van der Waals surface area contributed by atoms with Gasteiger partial charge >= 0.3 is 33.0 Å². The third-order valence-corrected chi connectivity index (χ3v) is 0.936. The van der Waals surface area contributed by atoms with Crippen LogP contribution in [0.2, 0.25) is 0 Å². The van der Waals surface area contributed by atoms with E-state index in [0.717, 1.165) is 30.2 Å². The summed E-state index contributed by atoms with van der Waals surface area (Å²) >= 11 is 0.847. The molecule has 0 radical (unpaired) electrons. The van der Waals surface area contributed by atoms with E-state index in [0.29, 0.717) is 13.0 Å². The fourth-order valence-corrected chi connectivity index (χ4v) is 0.502. The average molecular weight is 230 g/mol. The van der Waals surface area contributed by atoms with Crippen molar-refractivity contribution in [3.63, 3.8) is 0 Å². The number of hydrogen-bond donors (Lipinski definition) is 0. The first-order valence-electron chi connectivity index (χ1n) is 3.52. The summed E-state index contributed by atoms with van der Waals surface area (Å²) in [5.74, 6) is -0.110. The Balaban J connectivity index is 0. The van der Waals surface area contributed by atoms with Crippen LogP contribution in [0.1, 0.15) is 26.2 Å². The molecule has 0 saturated carbocycles. The van der Waals surface area contributed by atoms with Gasteiger partial charge in [0.15, 0.2) is 0 Å². The van der Waals surface area contributed by atoms with E-state index < -0.39 is 0 Å². The zero-order valence-electron chi connectivity index (χ0n) is 6.94. The first-order valence-corrected chi connectivity index (χ1v) is 7.42. The van der Waals surface area contributed by atoms with Crippen molar-refractivity contribution in [2.45, 2.75) is 26.2 Å². The second-order valence-corrected chi connectivity index (χ2v) is 1.76. The quantitative estimate of drug-likeness (QED) is 0.420. The molecular formula is C7H13ClO2Zn. The van der Waals surface area contributed by atoms with Crippen molar-refractivity contribution in [1.29, 1.82) is 0 Å². The Morgan fingerprint density at radius 2 is 2.18 bits per heavy atom. The molecule has 0 heterocycles. The standard InChI is InChI=1S/C7H13O2.ClH.Zn/c1-3-5-6-7(8)9-4-2;;/h1,3-6H2,2H3;1H;/q-1;;+2/p-1. The van der Waals surface area contributed by atoms with Crippen LogP contribution in [0.4, 0.5) is 0 Å². The van der Waals surface area contributed by atoms with Crippen LogP contribution < -0.4 is 0 Å². The third kappa shape index (κ3) is 13.4. The van der Waals surface area contributed by atoms with E-state index in [1.54, 1.807) is 0 Å². The van der Waals surface area contributed by atoms with Gasteiger partial charge in [-0.15, -0.1) is 0 Å². The van der Waals surface area contributed by atoms with Crippen LogP contribution in [0.3, 0.4) is 0 Å². The Bertz CT molecular complexity index is 88.5. The second kappa shape index (κ2) is 13.0. The van der Waals surface area contributed by atoms with Gasteiger partial charge in [-0.05, 0) is 6.92 Å². The van der Waals surface area contributed by atoms with Gasteiger partial charge in [-0.1, -0.05) is 6.42 Å². The molecule has 0 amide bonds. The number of halogens is 1. The summed E-state index contributed by atoms with van der Waals surface area (Å²) in [6.45, 7) is 5.90. The van der Waals surface area contributed by atoms with Gasteiger partial charge in [0.05, 0.1) is 6.61 Å². The van der Waals surface area contributed by atoms with Crippen molar-refractivity contribution in [3.05, 3.63) is 6.92 Å². The summed E-state index contributed by atoms with van der Waals surface area (Å²) in [5, 5.41) is 0. The zero-order chi connectivity index (χ0) is 9.11. The van der Waals surface area contributed by atoms with E-state index in [2.05, 4.69) is 11.7 Å². The van der Waals surface area contributed by atoms with Crippen molar-refractivity contribution < 1.29 is 26.8 Å². The maximum absolute atomic E-state index is 10.6. The summed E-state index contributed by atoms with van der Waals surface area (Å²) in [5.41, 5.74) is 0. The van der Waals surface area contributed by atoms with Crippen molar-refractivity contribution in [3.8, 4) is 0 Å². The van der Waals surface area contributed by atoms with Gasteiger partial charge in [-0.25, -0.2) is 0 Å². The molecule has 11 heavy (non-hydrogen) atoms. The van der Waals surface area contributed by atoms with Gasteiger partial charge in [0, 0.05) is 6.42 Å². The van der Waals surface area contributed by atoms with Crippen molar-refractivity contribution in [2.75, 3.05) is 6.61 Å². The van der Waals surface area contributed by atoms with Crippen LogP contribution >= 0.6 is 9.69 Å². The van der Waals surface area contributed by atoms with Gasteiger partial charge in [-0.2, -0.15) is 6.42 Å². The second-order valence-electron chi connectivity index (χ2n) is 1.76. The van der Waals surface area contributed by atoms with Crippen LogP contribution in [0.15, 0.2) is 0 Å². The molecule has 62 valence electrons. The van der Waals surface area contributed by atoms with E-state index in [4.69, 9.17) is 9.69 Å². The molecule has 0 aliphatic heterocycles. The molecule has 0 N–H and O–H groups in total. The maximum atomic E-state index is 10.6. The SMILES string of the molecule is [CH2-]CCCC(=O)OCC.[Cl][Zn+]. The van der Waals surface area contributed by atoms with E-state index in [1.165, 1.54) is 0 Å². The molecule has 0 aromatic rings. The van der Waals surface area contributed by atoms with E-state index in [-0.39, 0.29) is 5.97 Å². The number of carbonyl (C=O) groups is 1. The molecule has 0 rings (SSSR count). The van der Waals surface area contributed by atoms with Gasteiger partial charge < -0.3 is 11.7 Å². The van der Waals surface area contributed by atoms with Gasteiger partial charge in [0.25, 0.3) is 0 Å². The monoisotopic (exact) mass is 228 g/mol. The molecule has 0 aromatic heterocycles. The molecule has 0 aromatic carbocycles. The van der Waals surface area contributed by atoms with E-state index >= 15 is 0 Å². The molecule has 0 fully saturated rings. The minimum atomic E-state index is -0.110. The predicted molar refractivity (Wildman–Crippen MR) is 41.7 cm³/mol. The van der Waals surface area contributed by atoms with Crippen LogP contribution in [-0.2, 0) is 26.8 Å². The topological polar surface area (TPSA) is 26.3 Å². The van der Waals surface area contributed by atoms with E-state index in [1.807, 2.05) is 6.92 Å². The fraction of sp³-hybridized carbons (Fsp3) is 0.714. The summed E-state index contributed by atoms with van der Waals surface area (Å²) in [6.07, 6.45) is 2.15. The number of hydrogen-bond acceptors (Lipinski definition) is 2. The minimum absolute atomic E-state index is 0.110. The average Bonchev–Trinajstić information content (AvgIpc) is 2.05. The van der Waals surface area contributed by atoms with Gasteiger partial charge in [-0.3, -0.25) is 4.79 Å². The number of ether oxygens (including phenoxy) is 1. The molecule has 2 nitrogen and oxygen atoms in total. The van der Waals surface area contributed by atoms with Crippen molar-refractivity contribution >= 4 is 15.7 Å². The molecule has 0 aliphatic carbocycles. The molecule has 0 bridgehead atoms. The molecule has 0 aliphatic rings. The van der Waals surface area contributed by atoms with E-state index in [9.17, 15) is 4.79 Å². The van der Waals surface area contributed by atoms with Gasteiger partial charge in [0.1, 0.15) is 0 Å². The zero-order valence-corrected chi connectivity index (χ0v) is 10.7. The Labute approximate surface area is 82.4 Å². The summed E-state index contributed by atoms with van der Waals surface area (Å²) in [7, 11) is 4.76. The Morgan fingerprint density at radius 1 is 1.64 bits per heavy atom. The number of carbonyl (C=O) groups excluding carboxylic acids is 1. The van der Waals surface area contributed by atoms with Crippen LogP contribution in [0.5, 0.6) is 0 Å². The molecular weight excluding hydrogens is 217 g/mol. The van der Waals surface area contributed by atoms with Gasteiger partial charge in [0.2, 0.25) is 0 Å². The first kappa shape index (κ1) is 13.9. The summed E-state index contributed by atoms with van der Waals surface area (Å²) < 4.78 is 4.68. The molecule has 0 atom stereocenters. The number of esters is 1. The molecule has 0 saturated heterocycles. The molecule has 4 heteroatoms. The van der Waals surface area contributed by atoms with Crippen LogP contribution in [0.25, 0.3) is 0 Å². The van der Waals surface area contributed by atoms with Crippen molar-refractivity contribution in [2.24, 2.45) is 0 Å². The first-order chi connectivity index (χ1) is 5.31.